The minimum atomic E-state index is -0.390. The van der Waals surface area contributed by atoms with Crippen LogP contribution in [0.2, 0.25) is 0 Å². The summed E-state index contributed by atoms with van der Waals surface area (Å²) in [5, 5.41) is 2.19. The zero-order valence-corrected chi connectivity index (χ0v) is 47.5. The number of imidazole rings is 1. The third-order valence-electron chi connectivity index (χ3n) is 14.9. The molecule has 0 saturated heterocycles. The summed E-state index contributed by atoms with van der Waals surface area (Å²) in [4.78, 5) is 4.99. The normalized spacial score (nSPS) is 12.6. The third-order valence-corrected chi connectivity index (χ3v) is 14.9. The van der Waals surface area contributed by atoms with Crippen LogP contribution in [0.15, 0.2) is 176 Å². The number of aromatic nitrogens is 4. The average molecular weight is 1150 g/mol. The van der Waals surface area contributed by atoms with Gasteiger partial charge in [-0.3, -0.25) is 4.57 Å². The quantitative estimate of drug-likeness (QED) is 0.101. The Labute approximate surface area is 454 Å². The maximum absolute atomic E-state index is 7.04. The molecule has 3 aromatic heterocycles. The van der Waals surface area contributed by atoms with E-state index in [-0.39, 0.29) is 42.7 Å². The summed E-state index contributed by atoms with van der Waals surface area (Å²) in [6, 6.07) is 66.3. The summed E-state index contributed by atoms with van der Waals surface area (Å²) in [6.45, 7) is 29.6. The summed E-state index contributed by atoms with van der Waals surface area (Å²) < 4.78 is 13.6. The van der Waals surface area contributed by atoms with E-state index in [1.807, 2.05) is 12.3 Å². The molecule has 0 atom stereocenters. The van der Waals surface area contributed by atoms with E-state index in [4.69, 9.17) is 9.72 Å². The number of benzene rings is 7. The molecule has 74 heavy (non-hydrogen) atoms. The fraction of sp³-hybridized carbons (Fsp3) is 0.265. The van der Waals surface area contributed by atoms with Crippen LogP contribution in [0.3, 0.4) is 0 Å². The molecule has 7 aromatic carbocycles. The van der Waals surface area contributed by atoms with Crippen molar-refractivity contribution in [2.24, 2.45) is 0 Å². The van der Waals surface area contributed by atoms with Crippen LogP contribution in [0, 0.1) is 18.5 Å². The van der Waals surface area contributed by atoms with Crippen molar-refractivity contribution in [3.63, 3.8) is 0 Å². The van der Waals surface area contributed by atoms with Crippen molar-refractivity contribution < 1.29 is 30.4 Å². The molecule has 0 spiro atoms. The van der Waals surface area contributed by atoms with Gasteiger partial charge in [0.1, 0.15) is 5.82 Å². The van der Waals surface area contributed by atoms with Crippen molar-refractivity contribution >= 4 is 21.8 Å². The van der Waals surface area contributed by atoms with Crippen LogP contribution in [0.25, 0.3) is 50.1 Å². The molecule has 10 aromatic rings. The summed E-state index contributed by atoms with van der Waals surface area (Å²) in [5.41, 5.74) is 13.5. The summed E-state index contributed by atoms with van der Waals surface area (Å²) in [6.07, 6.45) is 7.99. The van der Waals surface area contributed by atoms with Gasteiger partial charge in [0.15, 0.2) is 0 Å². The molecule has 0 aliphatic rings. The van der Waals surface area contributed by atoms with Crippen molar-refractivity contribution in [1.29, 1.82) is 0 Å². The Morgan fingerprint density at radius 2 is 1.07 bits per heavy atom. The predicted octanol–water partition coefficient (Wildman–Crippen LogP) is 16.6. The fourth-order valence-electron chi connectivity index (χ4n) is 10.0. The minimum Gasteiger partial charge on any atom is -0.510 e. The fourth-order valence-corrected chi connectivity index (χ4v) is 10.0. The van der Waals surface area contributed by atoms with Gasteiger partial charge in [-0.15, -0.1) is 35.2 Å². The monoisotopic (exact) mass is 1150 g/mol. The molecule has 6 heteroatoms. The second-order valence-electron chi connectivity index (χ2n) is 24.0. The second-order valence-corrected chi connectivity index (χ2v) is 24.0. The van der Waals surface area contributed by atoms with Gasteiger partial charge in [0.2, 0.25) is 0 Å². The van der Waals surface area contributed by atoms with E-state index in [1.165, 1.54) is 33.4 Å². The van der Waals surface area contributed by atoms with Gasteiger partial charge in [-0.25, -0.2) is 4.98 Å². The number of fused-ring (bicyclic) bond motifs is 3. The first-order valence-corrected chi connectivity index (χ1v) is 25.7. The first-order valence-electron chi connectivity index (χ1n) is 25.7. The first-order chi connectivity index (χ1) is 34.6. The molecule has 0 aliphatic heterocycles. The predicted molar refractivity (Wildman–Crippen MR) is 301 cm³/mol. The Morgan fingerprint density at radius 1 is 0.473 bits per heavy atom. The maximum atomic E-state index is 7.04. The van der Waals surface area contributed by atoms with E-state index in [0.717, 1.165) is 55.8 Å². The molecule has 0 amide bonds. The zero-order valence-electron chi connectivity index (χ0n) is 45.3. The van der Waals surface area contributed by atoms with Crippen LogP contribution in [-0.2, 0) is 48.1 Å². The number of hydrogen-bond acceptors (Lipinski definition) is 2. The largest absolute Gasteiger partial charge is 0.510 e. The number of ether oxygens (including phenoxy) is 1. The average Bonchev–Trinajstić information content (AvgIpc) is 3.97. The van der Waals surface area contributed by atoms with Gasteiger partial charge in [0.25, 0.3) is 6.33 Å². The molecule has 0 N–H and O–H groups in total. The number of pyridine rings is 1. The smallest absolute Gasteiger partial charge is 0.267 e. The molecule has 3 heterocycles. The summed E-state index contributed by atoms with van der Waals surface area (Å²) in [5.74, 6) is 2.00. The van der Waals surface area contributed by atoms with Crippen LogP contribution in [-0.4, -0.2) is 14.1 Å². The molecule has 378 valence electrons. The second kappa shape index (κ2) is 19.5. The molecule has 0 saturated carbocycles. The van der Waals surface area contributed by atoms with Crippen LogP contribution >= 0.6 is 0 Å². The molecule has 5 nitrogen and oxygen atoms in total. The molecular formula is C68H68N4OPt-2. The van der Waals surface area contributed by atoms with E-state index >= 15 is 0 Å². The Bertz CT molecular complexity index is 3640. The Kier molecular flexibility index (Phi) is 13.7. The van der Waals surface area contributed by atoms with Crippen molar-refractivity contribution in [3.05, 3.63) is 234 Å². The molecule has 0 aliphatic carbocycles. The van der Waals surface area contributed by atoms with Gasteiger partial charge in [0.05, 0.1) is 11.4 Å². The van der Waals surface area contributed by atoms with Crippen LogP contribution in [0.4, 0.5) is 0 Å². The Morgan fingerprint density at radius 3 is 1.68 bits per heavy atom. The number of hydrogen-bond donors (Lipinski definition) is 0. The van der Waals surface area contributed by atoms with E-state index in [1.54, 1.807) is 0 Å². The van der Waals surface area contributed by atoms with Gasteiger partial charge >= 0.3 is 0 Å². The van der Waals surface area contributed by atoms with Crippen molar-refractivity contribution in [1.82, 2.24) is 14.1 Å². The Hall–Kier alpha value is -6.81. The summed E-state index contributed by atoms with van der Waals surface area (Å²) in [7, 11) is 0. The standard InChI is InChI=1S/C68H68N4O.Pt/c1-64(2,3)50-33-34-69-63(41-50)72-60-32-29-47(46-23-17-14-18-24-46)35-59(60)58-31-30-56(43-61(58)72)73-57-40-53(68(12,13)49-27-21-16-22-28-49)38-54(42-57)70-44-62(66(7,8)9)71(45-70)55-37-51(65(4,5)6)36-52(39-55)67(10,11)48-25-19-15-20-26-48;/h14-41,44H,1-13H3;/q-2;. The van der Waals surface area contributed by atoms with Crippen LogP contribution in [0.1, 0.15) is 129 Å². The van der Waals surface area contributed by atoms with Gasteiger partial charge in [-0.1, -0.05) is 205 Å². The molecule has 10 rings (SSSR count). The first kappa shape index (κ1) is 52.1. The zero-order chi connectivity index (χ0) is 51.7. The third kappa shape index (κ3) is 10.1. The topological polar surface area (TPSA) is 35.9 Å². The van der Waals surface area contributed by atoms with E-state index < -0.39 is 5.41 Å². The molecule has 0 fully saturated rings. The SMILES string of the molecule is CC(C)(C)c1cc(-[n+]2[c-]n(-c3[c-]c(Oc4[c-]c5c(cc4)c4cc(-c6ccccc6)ccc4n5-c4cc(C(C)(C)C)ccn4)cc(C(C)(C)c4ccccc4)c3)cc2C(C)(C)C)cc(C(C)(C)c2ccccc2)c1.[Pt]. The molecular weight excluding hydrogens is 1080 g/mol. The minimum absolute atomic E-state index is 0. The molecule has 0 unspecified atom stereocenters. The van der Waals surface area contributed by atoms with Gasteiger partial charge in [-0.05, 0) is 102 Å². The van der Waals surface area contributed by atoms with Crippen LogP contribution in [0.5, 0.6) is 11.5 Å². The van der Waals surface area contributed by atoms with Crippen molar-refractivity contribution in [3.8, 4) is 39.8 Å². The van der Waals surface area contributed by atoms with Crippen molar-refractivity contribution in [2.45, 2.75) is 117 Å². The Balaban J connectivity index is 0.00000672. The maximum Gasteiger partial charge on any atom is 0.267 e. The number of nitrogens with zero attached hydrogens (tertiary/aromatic N) is 4. The molecule has 0 bridgehead atoms. The van der Waals surface area contributed by atoms with E-state index in [9.17, 15) is 0 Å². The van der Waals surface area contributed by atoms with Gasteiger partial charge in [-0.2, -0.15) is 12.1 Å². The van der Waals surface area contributed by atoms with E-state index in [2.05, 4.69) is 286 Å². The van der Waals surface area contributed by atoms with E-state index in [0.29, 0.717) is 11.5 Å². The van der Waals surface area contributed by atoms with Crippen molar-refractivity contribution in [2.75, 3.05) is 0 Å². The van der Waals surface area contributed by atoms with Gasteiger partial charge < -0.3 is 13.9 Å². The number of rotatable bonds is 10. The van der Waals surface area contributed by atoms with Gasteiger partial charge in [0, 0.05) is 55.9 Å². The van der Waals surface area contributed by atoms with Crippen LogP contribution < -0.4 is 9.30 Å². The summed E-state index contributed by atoms with van der Waals surface area (Å²) >= 11 is 0. The molecule has 0 radical (unpaired) electrons.